The molecule has 0 atom stereocenters. The molecule has 20 heavy (non-hydrogen) atoms. The minimum absolute atomic E-state index is 0.175. The van der Waals surface area contributed by atoms with Crippen molar-refractivity contribution in [2.75, 3.05) is 0 Å². The van der Waals surface area contributed by atoms with Gasteiger partial charge in [-0.3, -0.25) is 0 Å². The van der Waals surface area contributed by atoms with Crippen LogP contribution in [0.15, 0.2) is 57.5 Å². The smallest absolute Gasteiger partial charge is 0.258 e. The van der Waals surface area contributed by atoms with Gasteiger partial charge in [-0.2, -0.15) is 4.98 Å². The summed E-state index contributed by atoms with van der Waals surface area (Å²) in [4.78, 5) is 4.34. The van der Waals surface area contributed by atoms with E-state index in [9.17, 15) is 5.11 Å². The zero-order chi connectivity index (χ0) is 13.9. The van der Waals surface area contributed by atoms with E-state index in [4.69, 9.17) is 4.52 Å². The Morgan fingerprint density at radius 1 is 1.10 bits per heavy atom. The first-order valence-electron chi connectivity index (χ1n) is 6.07. The summed E-state index contributed by atoms with van der Waals surface area (Å²) in [7, 11) is 0. The number of phenols is 1. The second-order valence-electron chi connectivity index (χ2n) is 4.37. The standard InChI is InChI=1S/C15H11BrN2O2/c16-12-5-1-3-10(7-12)8-14-17-15(20-18-14)11-4-2-6-13(19)9-11/h1-7,9,19H,8H2. The first-order chi connectivity index (χ1) is 9.70. The molecular formula is C15H11BrN2O2. The van der Waals surface area contributed by atoms with Crippen molar-refractivity contribution in [1.82, 2.24) is 10.1 Å². The van der Waals surface area contributed by atoms with Gasteiger partial charge in [0.2, 0.25) is 0 Å². The number of hydrogen-bond acceptors (Lipinski definition) is 4. The molecule has 0 bridgehead atoms. The van der Waals surface area contributed by atoms with Crippen LogP contribution in [0.2, 0.25) is 0 Å². The molecule has 0 aliphatic rings. The van der Waals surface area contributed by atoms with Crippen LogP contribution >= 0.6 is 15.9 Å². The molecule has 0 spiro atoms. The first kappa shape index (κ1) is 12.9. The molecule has 1 N–H and O–H groups in total. The lowest BCUT2D eigenvalue weighted by Gasteiger charge is -1.97. The Kier molecular flexibility index (Phi) is 3.52. The van der Waals surface area contributed by atoms with Crippen LogP contribution in [0.3, 0.4) is 0 Å². The van der Waals surface area contributed by atoms with Crippen molar-refractivity contribution in [1.29, 1.82) is 0 Å². The van der Waals surface area contributed by atoms with Gasteiger partial charge in [0.05, 0.1) is 0 Å². The Morgan fingerprint density at radius 2 is 1.95 bits per heavy atom. The second kappa shape index (κ2) is 5.46. The summed E-state index contributed by atoms with van der Waals surface area (Å²) in [5, 5.41) is 13.4. The summed E-state index contributed by atoms with van der Waals surface area (Å²) in [6.45, 7) is 0. The fourth-order valence-electron chi connectivity index (χ4n) is 1.91. The molecule has 100 valence electrons. The summed E-state index contributed by atoms with van der Waals surface area (Å²) in [6, 6.07) is 14.7. The van der Waals surface area contributed by atoms with Crippen LogP contribution in [0.1, 0.15) is 11.4 Å². The summed E-state index contributed by atoms with van der Waals surface area (Å²) in [5.74, 6) is 1.20. The fourth-order valence-corrected chi connectivity index (χ4v) is 2.36. The Morgan fingerprint density at radius 3 is 2.75 bits per heavy atom. The molecule has 1 aromatic heterocycles. The molecule has 0 fully saturated rings. The molecule has 0 aliphatic heterocycles. The molecule has 2 aromatic carbocycles. The van der Waals surface area contributed by atoms with Gasteiger partial charge in [-0.25, -0.2) is 0 Å². The number of phenolic OH excluding ortho intramolecular Hbond substituents is 1. The van der Waals surface area contributed by atoms with E-state index < -0.39 is 0 Å². The molecule has 0 aliphatic carbocycles. The van der Waals surface area contributed by atoms with E-state index in [0.29, 0.717) is 23.7 Å². The van der Waals surface area contributed by atoms with Gasteiger partial charge in [-0.15, -0.1) is 0 Å². The highest BCUT2D eigenvalue weighted by molar-refractivity contribution is 9.10. The predicted molar refractivity (Wildman–Crippen MR) is 78.3 cm³/mol. The highest BCUT2D eigenvalue weighted by Crippen LogP contribution is 2.22. The van der Waals surface area contributed by atoms with Crippen molar-refractivity contribution < 1.29 is 9.63 Å². The predicted octanol–water partition coefficient (Wildman–Crippen LogP) is 3.80. The van der Waals surface area contributed by atoms with Crippen molar-refractivity contribution in [2.24, 2.45) is 0 Å². The van der Waals surface area contributed by atoms with Gasteiger partial charge in [0.25, 0.3) is 5.89 Å². The van der Waals surface area contributed by atoms with E-state index >= 15 is 0 Å². The molecule has 4 nitrogen and oxygen atoms in total. The Bertz CT molecular complexity index is 740. The maximum Gasteiger partial charge on any atom is 0.258 e. The largest absolute Gasteiger partial charge is 0.508 e. The molecular weight excluding hydrogens is 320 g/mol. The van der Waals surface area contributed by atoms with Gasteiger partial charge >= 0.3 is 0 Å². The lowest BCUT2D eigenvalue weighted by atomic mass is 10.1. The third-order valence-electron chi connectivity index (χ3n) is 2.81. The van der Waals surface area contributed by atoms with E-state index in [1.165, 1.54) is 0 Å². The van der Waals surface area contributed by atoms with Crippen LogP contribution in [0.25, 0.3) is 11.5 Å². The Balaban J connectivity index is 1.84. The molecule has 5 heteroatoms. The first-order valence-corrected chi connectivity index (χ1v) is 6.86. The van der Waals surface area contributed by atoms with Gasteiger partial charge in [-0.05, 0) is 35.9 Å². The van der Waals surface area contributed by atoms with Crippen molar-refractivity contribution in [3.05, 3.63) is 64.4 Å². The zero-order valence-corrected chi connectivity index (χ0v) is 12.0. The molecule has 0 saturated heterocycles. The van der Waals surface area contributed by atoms with E-state index in [2.05, 4.69) is 26.1 Å². The van der Waals surface area contributed by atoms with Crippen LogP contribution in [-0.4, -0.2) is 15.2 Å². The number of rotatable bonds is 3. The van der Waals surface area contributed by atoms with Crippen LogP contribution in [-0.2, 0) is 6.42 Å². The van der Waals surface area contributed by atoms with Crippen LogP contribution in [0.5, 0.6) is 5.75 Å². The molecule has 0 unspecified atom stereocenters. The number of benzene rings is 2. The van der Waals surface area contributed by atoms with Crippen molar-refractivity contribution in [3.8, 4) is 17.2 Å². The molecule has 3 aromatic rings. The number of nitrogens with zero attached hydrogens (tertiary/aromatic N) is 2. The molecule has 0 saturated carbocycles. The summed E-state index contributed by atoms with van der Waals surface area (Å²) >= 11 is 3.43. The summed E-state index contributed by atoms with van der Waals surface area (Å²) < 4.78 is 6.24. The lowest BCUT2D eigenvalue weighted by Crippen LogP contribution is -1.90. The maximum absolute atomic E-state index is 9.45. The van der Waals surface area contributed by atoms with Crippen LogP contribution < -0.4 is 0 Å². The summed E-state index contributed by atoms with van der Waals surface area (Å²) in [6.07, 6.45) is 0.599. The normalized spacial score (nSPS) is 10.7. The average Bonchev–Trinajstić information content (AvgIpc) is 2.87. The molecule has 0 amide bonds. The van der Waals surface area contributed by atoms with Crippen molar-refractivity contribution in [2.45, 2.75) is 6.42 Å². The summed E-state index contributed by atoms with van der Waals surface area (Å²) in [5.41, 5.74) is 1.81. The Labute approximate surface area is 124 Å². The minimum atomic E-state index is 0.175. The number of halogens is 1. The molecule has 0 radical (unpaired) electrons. The van der Waals surface area contributed by atoms with Gasteiger partial charge in [0.1, 0.15) is 5.75 Å². The number of aromatic hydroxyl groups is 1. The monoisotopic (exact) mass is 330 g/mol. The quantitative estimate of drug-likeness (QED) is 0.793. The third kappa shape index (κ3) is 2.88. The van der Waals surface area contributed by atoms with E-state index in [1.54, 1.807) is 18.2 Å². The average molecular weight is 331 g/mol. The third-order valence-corrected chi connectivity index (χ3v) is 3.31. The highest BCUT2D eigenvalue weighted by atomic mass is 79.9. The van der Waals surface area contributed by atoms with E-state index in [1.807, 2.05) is 30.3 Å². The second-order valence-corrected chi connectivity index (χ2v) is 5.29. The maximum atomic E-state index is 9.45. The fraction of sp³-hybridized carbons (Fsp3) is 0.0667. The Hall–Kier alpha value is -2.14. The number of aromatic nitrogens is 2. The van der Waals surface area contributed by atoms with Crippen LogP contribution in [0.4, 0.5) is 0 Å². The van der Waals surface area contributed by atoms with Gasteiger partial charge in [0.15, 0.2) is 5.82 Å². The van der Waals surface area contributed by atoms with Gasteiger partial charge in [0, 0.05) is 16.5 Å². The van der Waals surface area contributed by atoms with E-state index in [0.717, 1.165) is 10.0 Å². The van der Waals surface area contributed by atoms with Gasteiger partial charge < -0.3 is 9.63 Å². The SMILES string of the molecule is Oc1cccc(-c2nc(Cc3cccc(Br)c3)no2)c1. The highest BCUT2D eigenvalue weighted by Gasteiger charge is 2.10. The van der Waals surface area contributed by atoms with Gasteiger partial charge in [-0.1, -0.05) is 39.3 Å². The van der Waals surface area contributed by atoms with Crippen LogP contribution in [0, 0.1) is 0 Å². The topological polar surface area (TPSA) is 59.2 Å². The van der Waals surface area contributed by atoms with Crippen molar-refractivity contribution >= 4 is 15.9 Å². The minimum Gasteiger partial charge on any atom is -0.508 e. The molecule has 1 heterocycles. The lowest BCUT2D eigenvalue weighted by molar-refractivity contribution is 0.423. The van der Waals surface area contributed by atoms with Crippen molar-refractivity contribution in [3.63, 3.8) is 0 Å². The molecule has 3 rings (SSSR count). The van der Waals surface area contributed by atoms with E-state index in [-0.39, 0.29) is 5.75 Å². The number of hydrogen-bond donors (Lipinski definition) is 1. The zero-order valence-electron chi connectivity index (χ0n) is 10.5.